The molecule has 0 aromatic heterocycles. The quantitative estimate of drug-likeness (QED) is 0.251. The van der Waals surface area contributed by atoms with Gasteiger partial charge >= 0.3 is 6.09 Å². The Balaban J connectivity index is 1.69. The zero-order valence-electron chi connectivity index (χ0n) is 17.8. The fourth-order valence-corrected chi connectivity index (χ4v) is 5.95. The lowest BCUT2D eigenvalue weighted by atomic mass is 9.83. The third-order valence-electron chi connectivity index (χ3n) is 5.54. The van der Waals surface area contributed by atoms with E-state index in [9.17, 15) is 13.2 Å². The number of hydrogen-bond donors (Lipinski definition) is 1. The number of thioether (sulfide) groups is 1. The van der Waals surface area contributed by atoms with Crippen LogP contribution in [0.1, 0.15) is 24.8 Å². The molecule has 0 unspecified atom stereocenters. The molecule has 0 saturated heterocycles. The molecule has 1 aliphatic carbocycles. The first-order valence-electron chi connectivity index (χ1n) is 10.3. The van der Waals surface area contributed by atoms with Crippen LogP contribution in [-0.2, 0) is 21.2 Å². The van der Waals surface area contributed by atoms with Crippen molar-refractivity contribution < 1.29 is 17.9 Å². The molecule has 2 aromatic carbocycles. The average molecular weight is 475 g/mol. The van der Waals surface area contributed by atoms with Gasteiger partial charge < -0.3 is 10.1 Å². The van der Waals surface area contributed by atoms with Gasteiger partial charge in [0.25, 0.3) is 0 Å². The van der Waals surface area contributed by atoms with E-state index in [-0.39, 0.29) is 29.3 Å². The number of carbonyl (C=O) groups is 1. The van der Waals surface area contributed by atoms with Crippen LogP contribution in [0.15, 0.2) is 69.5 Å². The van der Waals surface area contributed by atoms with E-state index in [1.807, 2.05) is 36.6 Å². The summed E-state index contributed by atoms with van der Waals surface area (Å²) in [6.07, 6.45) is 2.81. The Bertz CT molecular complexity index is 1060. The van der Waals surface area contributed by atoms with E-state index < -0.39 is 21.8 Å². The summed E-state index contributed by atoms with van der Waals surface area (Å²) in [5, 5.41) is 6.62. The smallest absolute Gasteiger partial charge is 0.407 e. The lowest BCUT2D eigenvalue weighted by Gasteiger charge is -2.34. The lowest BCUT2D eigenvalue weighted by molar-refractivity contribution is 0.127. The molecule has 1 aliphatic rings. The minimum atomic E-state index is -3.58. The Morgan fingerprint density at radius 1 is 1.19 bits per heavy atom. The van der Waals surface area contributed by atoms with Crippen LogP contribution < -0.4 is 5.32 Å². The maximum atomic E-state index is 13.1. The maximum Gasteiger partial charge on any atom is 0.407 e. The number of alkyl carbamates (subject to hydrolysis) is 1. The van der Waals surface area contributed by atoms with Gasteiger partial charge in [-0.05, 0) is 66.8 Å². The predicted octanol–water partition coefficient (Wildman–Crippen LogP) is 4.96. The highest BCUT2D eigenvalue weighted by molar-refractivity contribution is 7.98. The van der Waals surface area contributed by atoms with E-state index in [0.717, 1.165) is 10.5 Å². The number of amides is 1. The number of sulfone groups is 1. The second kappa shape index (κ2) is 11.3. The summed E-state index contributed by atoms with van der Waals surface area (Å²) >= 11 is 1.54. The molecule has 1 amide bonds. The van der Waals surface area contributed by atoms with Crippen LogP contribution >= 0.6 is 11.8 Å². The molecule has 0 spiro atoms. The van der Waals surface area contributed by atoms with Crippen LogP contribution in [0.25, 0.3) is 10.4 Å². The van der Waals surface area contributed by atoms with Crippen molar-refractivity contribution in [3.8, 4) is 0 Å². The molecule has 32 heavy (non-hydrogen) atoms. The van der Waals surface area contributed by atoms with Gasteiger partial charge in [-0.25, -0.2) is 13.2 Å². The molecule has 10 heteroatoms. The highest BCUT2D eigenvalue weighted by atomic mass is 32.2. The van der Waals surface area contributed by atoms with Crippen LogP contribution in [-0.4, -0.2) is 38.6 Å². The van der Waals surface area contributed by atoms with Crippen LogP contribution in [0.5, 0.6) is 0 Å². The standard InChI is InChI=1S/C22H26N4O4S2/c1-31-19-8-10-20(11-9-19)32(28,29)15-17-13-18(25-26-23)7-12-21(17)24-22(27)30-14-16-5-3-2-4-6-16/h2-6,8-11,17-18,21H,7,12-15H2,1H3,(H,24,27)/t17-,18-,21-/m0/s1. The second-order valence-corrected chi connectivity index (χ2v) is 10.6. The topological polar surface area (TPSA) is 121 Å². The molecule has 0 radical (unpaired) electrons. The van der Waals surface area contributed by atoms with Crippen molar-refractivity contribution in [3.63, 3.8) is 0 Å². The normalized spacial score (nSPS) is 20.7. The molecule has 0 bridgehead atoms. The van der Waals surface area contributed by atoms with Crippen LogP contribution in [0.3, 0.4) is 0 Å². The highest BCUT2D eigenvalue weighted by Gasteiger charge is 2.35. The number of benzene rings is 2. The number of nitrogens with zero attached hydrogens (tertiary/aromatic N) is 3. The fourth-order valence-electron chi connectivity index (χ4n) is 3.87. The molecule has 3 atom stereocenters. The van der Waals surface area contributed by atoms with Gasteiger partial charge in [0.15, 0.2) is 9.84 Å². The Hall–Kier alpha value is -2.68. The van der Waals surface area contributed by atoms with Crippen molar-refractivity contribution in [2.24, 2.45) is 11.0 Å². The predicted molar refractivity (Wildman–Crippen MR) is 124 cm³/mol. The zero-order valence-corrected chi connectivity index (χ0v) is 19.4. The zero-order chi connectivity index (χ0) is 23.0. The van der Waals surface area contributed by atoms with Gasteiger partial charge in [-0.3, -0.25) is 0 Å². The molecule has 1 N–H and O–H groups in total. The SMILES string of the molecule is CSc1ccc(S(=O)(=O)C[C@@H]2C[C@@H](N=[N+]=[N-])CC[C@@H]2NC(=O)OCc2ccccc2)cc1. The largest absolute Gasteiger partial charge is 0.445 e. The number of hydrogen-bond acceptors (Lipinski definition) is 6. The van der Waals surface area contributed by atoms with Gasteiger partial charge in [-0.15, -0.1) is 11.8 Å². The molecule has 0 heterocycles. The van der Waals surface area contributed by atoms with Crippen LogP contribution in [0.2, 0.25) is 0 Å². The molecule has 0 aliphatic heterocycles. The summed E-state index contributed by atoms with van der Waals surface area (Å²) < 4.78 is 31.4. The third kappa shape index (κ3) is 6.66. The summed E-state index contributed by atoms with van der Waals surface area (Å²) in [6.45, 7) is 0.130. The molecule has 3 rings (SSSR count). The Morgan fingerprint density at radius 2 is 1.91 bits per heavy atom. The van der Waals surface area contributed by atoms with Crippen molar-refractivity contribution in [1.29, 1.82) is 0 Å². The average Bonchev–Trinajstić information content (AvgIpc) is 2.80. The molecule has 1 fully saturated rings. The van der Waals surface area contributed by atoms with Crippen LogP contribution in [0.4, 0.5) is 4.79 Å². The Labute approximate surface area is 192 Å². The van der Waals surface area contributed by atoms with Gasteiger partial charge in [0.1, 0.15) is 6.61 Å². The van der Waals surface area contributed by atoms with E-state index in [1.165, 1.54) is 11.8 Å². The van der Waals surface area contributed by atoms with E-state index in [2.05, 4.69) is 15.3 Å². The van der Waals surface area contributed by atoms with Gasteiger partial charge in [0.05, 0.1) is 10.6 Å². The number of rotatable bonds is 8. The first kappa shape index (κ1) is 24.0. The summed E-state index contributed by atoms with van der Waals surface area (Å²) in [7, 11) is -3.58. The van der Waals surface area contributed by atoms with E-state index >= 15 is 0 Å². The molecular weight excluding hydrogens is 448 g/mol. The van der Waals surface area contributed by atoms with E-state index in [1.54, 1.807) is 24.3 Å². The molecule has 1 saturated carbocycles. The number of azide groups is 1. The first-order chi connectivity index (χ1) is 15.4. The second-order valence-electron chi connectivity index (χ2n) is 7.70. The summed E-state index contributed by atoms with van der Waals surface area (Å²) in [5.74, 6) is -0.541. The number of nitrogens with one attached hydrogen (secondary N) is 1. The molecule has 2 aromatic rings. The molecular formula is C22H26N4O4S2. The van der Waals surface area contributed by atoms with Crippen LogP contribution in [0, 0.1) is 5.92 Å². The van der Waals surface area contributed by atoms with Crippen molar-refractivity contribution in [1.82, 2.24) is 5.32 Å². The van der Waals surface area contributed by atoms with Gasteiger partial charge in [-0.1, -0.05) is 35.4 Å². The maximum absolute atomic E-state index is 13.1. The number of carbonyl (C=O) groups excluding carboxylic acids is 1. The van der Waals surface area contributed by atoms with Gasteiger partial charge in [-0.2, -0.15) is 0 Å². The number of ether oxygens (including phenoxy) is 1. The van der Waals surface area contributed by atoms with E-state index in [4.69, 9.17) is 10.3 Å². The first-order valence-corrected chi connectivity index (χ1v) is 13.2. The monoisotopic (exact) mass is 474 g/mol. The molecule has 170 valence electrons. The lowest BCUT2D eigenvalue weighted by Crippen LogP contribution is -2.47. The highest BCUT2D eigenvalue weighted by Crippen LogP contribution is 2.30. The van der Waals surface area contributed by atoms with E-state index in [0.29, 0.717) is 19.3 Å². The molecule has 8 nitrogen and oxygen atoms in total. The Kier molecular flexibility index (Phi) is 8.44. The fraction of sp³-hybridized carbons (Fsp3) is 0.409. The summed E-state index contributed by atoms with van der Waals surface area (Å²) in [5.41, 5.74) is 9.67. The van der Waals surface area contributed by atoms with Gasteiger partial charge in [0.2, 0.25) is 0 Å². The summed E-state index contributed by atoms with van der Waals surface area (Å²) in [6, 6.07) is 15.4. The van der Waals surface area contributed by atoms with Gasteiger partial charge in [0, 0.05) is 21.9 Å². The summed E-state index contributed by atoms with van der Waals surface area (Å²) in [4.78, 5) is 16.5. The Morgan fingerprint density at radius 3 is 2.56 bits per heavy atom. The minimum Gasteiger partial charge on any atom is -0.445 e. The van der Waals surface area contributed by atoms with Crippen molar-refractivity contribution in [3.05, 3.63) is 70.6 Å². The van der Waals surface area contributed by atoms with Crippen molar-refractivity contribution >= 4 is 27.7 Å². The minimum absolute atomic E-state index is 0.130. The van der Waals surface area contributed by atoms with Crippen molar-refractivity contribution in [2.75, 3.05) is 12.0 Å². The van der Waals surface area contributed by atoms with Crippen molar-refractivity contribution in [2.45, 2.75) is 47.7 Å². The third-order valence-corrected chi connectivity index (χ3v) is 8.14.